The van der Waals surface area contributed by atoms with Crippen molar-refractivity contribution in [3.8, 4) is 0 Å². The molecule has 0 aromatic rings. The van der Waals surface area contributed by atoms with E-state index in [9.17, 15) is 0 Å². The molecule has 164 valence electrons. The molecule has 0 saturated heterocycles. The van der Waals surface area contributed by atoms with Gasteiger partial charge in [-0.3, -0.25) is 0 Å². The van der Waals surface area contributed by atoms with Crippen molar-refractivity contribution in [3.05, 3.63) is 0 Å². The van der Waals surface area contributed by atoms with E-state index in [1.807, 2.05) is 0 Å². The minimum absolute atomic E-state index is 0.689. The predicted molar refractivity (Wildman–Crippen MR) is 118 cm³/mol. The zero-order chi connectivity index (χ0) is 19.7. The van der Waals surface area contributed by atoms with Gasteiger partial charge in [-0.2, -0.15) is 0 Å². The quantitative estimate of drug-likeness (QED) is 0.163. The smallest absolute Gasteiger partial charge is 0.0701 e. The first-order valence-corrected chi connectivity index (χ1v) is 12.1. The fraction of sp³-hybridized carbons (Fsp3) is 1.00. The Morgan fingerprint density at radius 3 is 0.963 bits per heavy atom. The number of hydrogen-bond donors (Lipinski definition) is 0. The average molecular weight is 387 g/mol. The molecular formula is C24H50O3. The molecule has 27 heavy (non-hydrogen) atoms. The second-order valence-electron chi connectivity index (χ2n) is 7.79. The van der Waals surface area contributed by atoms with Gasteiger partial charge >= 0.3 is 0 Å². The van der Waals surface area contributed by atoms with Gasteiger partial charge in [-0.05, 0) is 12.8 Å². The summed E-state index contributed by atoms with van der Waals surface area (Å²) in [5, 5.41) is 0. The Morgan fingerprint density at radius 2 is 0.556 bits per heavy atom. The van der Waals surface area contributed by atoms with Crippen molar-refractivity contribution in [2.75, 3.05) is 39.6 Å². The second-order valence-corrected chi connectivity index (χ2v) is 7.79. The van der Waals surface area contributed by atoms with Crippen LogP contribution in [0.2, 0.25) is 0 Å². The Morgan fingerprint density at radius 1 is 0.296 bits per heavy atom. The van der Waals surface area contributed by atoms with Crippen LogP contribution in [0.1, 0.15) is 117 Å². The van der Waals surface area contributed by atoms with Crippen LogP contribution in [0, 0.1) is 0 Å². The summed E-state index contributed by atoms with van der Waals surface area (Å²) in [5.41, 5.74) is 0. The highest BCUT2D eigenvalue weighted by Crippen LogP contribution is 2.12. The highest BCUT2D eigenvalue weighted by molar-refractivity contribution is 4.49. The summed E-state index contributed by atoms with van der Waals surface area (Å²) in [5.74, 6) is 0. The molecule has 3 nitrogen and oxygen atoms in total. The van der Waals surface area contributed by atoms with E-state index in [1.54, 1.807) is 0 Å². The Kier molecular flexibility index (Phi) is 25.8. The van der Waals surface area contributed by atoms with Gasteiger partial charge < -0.3 is 14.2 Å². The highest BCUT2D eigenvalue weighted by Gasteiger charge is 1.95. The van der Waals surface area contributed by atoms with E-state index in [2.05, 4.69) is 13.8 Å². The summed E-state index contributed by atoms with van der Waals surface area (Å²) in [6.45, 7) is 9.05. The SMILES string of the molecule is CCCCCCCCCCCCCCCOCCOCCOCCCCC. The standard InChI is InChI=1S/C24H50O3/c1-3-5-7-8-9-10-11-12-13-14-15-16-18-20-26-22-24-27-23-21-25-19-17-6-4-2/h3-24H2,1-2H3. The fourth-order valence-electron chi connectivity index (χ4n) is 3.22. The average Bonchev–Trinajstić information content (AvgIpc) is 2.68. The predicted octanol–water partition coefficient (Wildman–Crippen LogP) is 7.32. The van der Waals surface area contributed by atoms with E-state index in [0.717, 1.165) is 13.2 Å². The normalized spacial score (nSPS) is 11.3. The third-order valence-corrected chi connectivity index (χ3v) is 5.03. The van der Waals surface area contributed by atoms with Crippen molar-refractivity contribution in [1.82, 2.24) is 0 Å². The van der Waals surface area contributed by atoms with Crippen LogP contribution in [0.25, 0.3) is 0 Å². The van der Waals surface area contributed by atoms with E-state index in [4.69, 9.17) is 14.2 Å². The zero-order valence-electron chi connectivity index (χ0n) is 18.8. The molecule has 0 atom stereocenters. The Bertz CT molecular complexity index is 222. The maximum absolute atomic E-state index is 5.63. The van der Waals surface area contributed by atoms with Gasteiger partial charge in [0.15, 0.2) is 0 Å². The lowest BCUT2D eigenvalue weighted by atomic mass is 10.0. The largest absolute Gasteiger partial charge is 0.379 e. The topological polar surface area (TPSA) is 27.7 Å². The van der Waals surface area contributed by atoms with Crippen LogP contribution >= 0.6 is 0 Å². The second kappa shape index (κ2) is 25.9. The molecule has 0 aliphatic heterocycles. The van der Waals surface area contributed by atoms with Gasteiger partial charge in [0.25, 0.3) is 0 Å². The summed E-state index contributed by atoms with van der Waals surface area (Å²) in [6.07, 6.45) is 21.8. The first-order chi connectivity index (χ1) is 13.4. The van der Waals surface area contributed by atoms with Crippen molar-refractivity contribution >= 4 is 0 Å². The number of ether oxygens (including phenoxy) is 3. The molecule has 0 aliphatic carbocycles. The van der Waals surface area contributed by atoms with E-state index in [-0.39, 0.29) is 0 Å². The van der Waals surface area contributed by atoms with Crippen LogP contribution in [0.15, 0.2) is 0 Å². The molecule has 0 unspecified atom stereocenters. The maximum atomic E-state index is 5.63. The Hall–Kier alpha value is -0.120. The molecule has 0 rings (SSSR count). The first kappa shape index (κ1) is 26.9. The fourth-order valence-corrected chi connectivity index (χ4v) is 3.22. The van der Waals surface area contributed by atoms with Crippen LogP contribution in [0.4, 0.5) is 0 Å². The monoisotopic (exact) mass is 386 g/mol. The van der Waals surface area contributed by atoms with Gasteiger partial charge in [0.05, 0.1) is 26.4 Å². The van der Waals surface area contributed by atoms with Crippen molar-refractivity contribution in [3.63, 3.8) is 0 Å². The van der Waals surface area contributed by atoms with Crippen LogP contribution in [-0.2, 0) is 14.2 Å². The third-order valence-electron chi connectivity index (χ3n) is 5.03. The van der Waals surface area contributed by atoms with Crippen molar-refractivity contribution in [1.29, 1.82) is 0 Å². The molecule has 0 fully saturated rings. The van der Waals surface area contributed by atoms with Gasteiger partial charge in [0.2, 0.25) is 0 Å². The molecule has 0 N–H and O–H groups in total. The highest BCUT2D eigenvalue weighted by atomic mass is 16.5. The van der Waals surface area contributed by atoms with Gasteiger partial charge in [0.1, 0.15) is 0 Å². The third kappa shape index (κ3) is 25.9. The van der Waals surface area contributed by atoms with Gasteiger partial charge in [-0.1, -0.05) is 104 Å². The maximum Gasteiger partial charge on any atom is 0.0701 e. The molecule has 0 aromatic heterocycles. The van der Waals surface area contributed by atoms with E-state index < -0.39 is 0 Å². The van der Waals surface area contributed by atoms with E-state index in [1.165, 1.54) is 103 Å². The molecule has 0 heterocycles. The lowest BCUT2D eigenvalue weighted by molar-refractivity contribution is 0.0133. The number of hydrogen-bond acceptors (Lipinski definition) is 3. The van der Waals surface area contributed by atoms with Crippen LogP contribution in [-0.4, -0.2) is 39.6 Å². The summed E-state index contributed by atoms with van der Waals surface area (Å²) in [4.78, 5) is 0. The number of rotatable bonds is 24. The molecule has 0 radical (unpaired) electrons. The molecule has 0 amide bonds. The zero-order valence-corrected chi connectivity index (χ0v) is 18.8. The molecule has 0 bridgehead atoms. The van der Waals surface area contributed by atoms with Crippen molar-refractivity contribution < 1.29 is 14.2 Å². The molecule has 0 aromatic carbocycles. The Balaban J connectivity index is 2.95. The first-order valence-electron chi connectivity index (χ1n) is 12.1. The molecule has 0 aliphatic rings. The van der Waals surface area contributed by atoms with Crippen LogP contribution in [0.5, 0.6) is 0 Å². The van der Waals surface area contributed by atoms with Gasteiger partial charge in [-0.25, -0.2) is 0 Å². The van der Waals surface area contributed by atoms with Gasteiger partial charge in [0, 0.05) is 13.2 Å². The lowest BCUT2D eigenvalue weighted by Gasteiger charge is -2.07. The Labute approximate surface area is 170 Å². The van der Waals surface area contributed by atoms with Gasteiger partial charge in [-0.15, -0.1) is 0 Å². The van der Waals surface area contributed by atoms with Crippen LogP contribution in [0.3, 0.4) is 0 Å². The minimum atomic E-state index is 0.689. The molecule has 3 heteroatoms. The summed E-state index contributed by atoms with van der Waals surface area (Å²) in [6, 6.07) is 0. The minimum Gasteiger partial charge on any atom is -0.379 e. The summed E-state index contributed by atoms with van der Waals surface area (Å²) < 4.78 is 16.6. The van der Waals surface area contributed by atoms with E-state index >= 15 is 0 Å². The molecular weight excluding hydrogens is 336 g/mol. The molecule has 0 spiro atoms. The van der Waals surface area contributed by atoms with E-state index in [0.29, 0.717) is 26.4 Å². The summed E-state index contributed by atoms with van der Waals surface area (Å²) in [7, 11) is 0. The number of unbranched alkanes of at least 4 members (excludes halogenated alkanes) is 14. The molecule has 0 saturated carbocycles. The van der Waals surface area contributed by atoms with Crippen LogP contribution < -0.4 is 0 Å². The lowest BCUT2D eigenvalue weighted by Crippen LogP contribution is -2.10. The van der Waals surface area contributed by atoms with Crippen molar-refractivity contribution in [2.24, 2.45) is 0 Å². The van der Waals surface area contributed by atoms with Crippen molar-refractivity contribution in [2.45, 2.75) is 117 Å². The summed E-state index contributed by atoms with van der Waals surface area (Å²) >= 11 is 0.